The molecule has 1 aromatic carbocycles. The van der Waals surface area contributed by atoms with E-state index in [0.717, 1.165) is 5.69 Å². The van der Waals surface area contributed by atoms with Crippen LogP contribution in [0.4, 0.5) is 11.4 Å². The lowest BCUT2D eigenvalue weighted by Crippen LogP contribution is -2.38. The Morgan fingerprint density at radius 3 is 2.33 bits per heavy atom. The first-order chi connectivity index (χ1) is 8.38. The number of nitrogen functional groups attached to an aromatic ring is 1. The second-order valence-electron chi connectivity index (χ2n) is 4.10. The number of anilines is 2. The van der Waals surface area contributed by atoms with E-state index in [2.05, 4.69) is 0 Å². The van der Waals surface area contributed by atoms with Gasteiger partial charge in [-0.1, -0.05) is 0 Å². The van der Waals surface area contributed by atoms with Crippen LogP contribution < -0.4 is 15.8 Å². The third-order valence-electron chi connectivity index (χ3n) is 2.85. The van der Waals surface area contributed by atoms with E-state index in [4.69, 9.17) is 10.9 Å². The Hall–Kier alpha value is -1.12. The van der Waals surface area contributed by atoms with Crippen molar-refractivity contribution in [3.63, 3.8) is 0 Å². The molecule has 0 aromatic heterocycles. The Kier molecular flexibility index (Phi) is 3.60. The van der Waals surface area contributed by atoms with E-state index in [1.165, 1.54) is 12.1 Å². The summed E-state index contributed by atoms with van der Waals surface area (Å²) in [5, 5.41) is 5.04. The van der Waals surface area contributed by atoms with Crippen LogP contribution in [0.2, 0.25) is 0 Å². The number of primary sulfonamides is 1. The number of hydrogen-bond acceptors (Lipinski definition) is 5. The lowest BCUT2D eigenvalue weighted by Gasteiger charge is -2.29. The van der Waals surface area contributed by atoms with Gasteiger partial charge in [0.15, 0.2) is 0 Å². The third-order valence-corrected chi connectivity index (χ3v) is 5.03. The molecule has 8 heteroatoms. The second-order valence-corrected chi connectivity index (χ2v) is 7.36. The summed E-state index contributed by atoms with van der Waals surface area (Å²) in [5.41, 5.74) is 6.98. The maximum Gasteiger partial charge on any atom is 0.238 e. The lowest BCUT2D eigenvalue weighted by molar-refractivity contribution is 0.598. The van der Waals surface area contributed by atoms with E-state index in [0.29, 0.717) is 30.3 Å². The zero-order valence-corrected chi connectivity index (χ0v) is 11.3. The maximum atomic E-state index is 11.3. The predicted octanol–water partition coefficient (Wildman–Crippen LogP) is -0.515. The van der Waals surface area contributed by atoms with Gasteiger partial charge in [-0.15, -0.1) is 0 Å². The average molecular weight is 289 g/mol. The number of rotatable bonds is 2. The van der Waals surface area contributed by atoms with Gasteiger partial charge in [-0.25, -0.2) is 13.6 Å². The quantitative estimate of drug-likeness (QED) is 0.713. The van der Waals surface area contributed by atoms with Crippen LogP contribution in [0, 0.1) is 0 Å². The van der Waals surface area contributed by atoms with E-state index in [-0.39, 0.29) is 4.90 Å². The maximum absolute atomic E-state index is 11.3. The van der Waals surface area contributed by atoms with E-state index in [1.54, 1.807) is 6.07 Å². The number of benzene rings is 1. The highest BCUT2D eigenvalue weighted by Gasteiger charge is 2.18. The second kappa shape index (κ2) is 4.87. The average Bonchev–Trinajstić information content (AvgIpc) is 2.29. The molecule has 0 aliphatic carbocycles. The fourth-order valence-electron chi connectivity index (χ4n) is 1.88. The molecular weight excluding hydrogens is 274 g/mol. The fraction of sp³-hybridized carbons (Fsp3) is 0.400. The first-order valence-corrected chi connectivity index (χ1v) is 8.43. The van der Waals surface area contributed by atoms with Crippen molar-refractivity contribution in [1.82, 2.24) is 0 Å². The summed E-state index contributed by atoms with van der Waals surface area (Å²) in [6.45, 7) is 1.32. The molecule has 0 atom stereocenters. The molecule has 4 N–H and O–H groups in total. The summed E-state index contributed by atoms with van der Waals surface area (Å²) in [4.78, 5) is 2.01. The van der Waals surface area contributed by atoms with Crippen LogP contribution in [-0.2, 0) is 20.8 Å². The van der Waals surface area contributed by atoms with Crippen LogP contribution in [0.5, 0.6) is 0 Å². The SMILES string of the molecule is Nc1cc(S(N)(=O)=O)ccc1N1CCS(=O)CC1. The highest BCUT2D eigenvalue weighted by atomic mass is 32.2. The first-order valence-electron chi connectivity index (χ1n) is 5.40. The van der Waals surface area contributed by atoms with E-state index in [1.807, 2.05) is 4.90 Å². The molecule has 0 bridgehead atoms. The Bertz CT molecular complexity index is 576. The van der Waals surface area contributed by atoms with Crippen molar-refractivity contribution in [2.45, 2.75) is 4.90 Å². The molecule has 2 rings (SSSR count). The predicted molar refractivity (Wildman–Crippen MR) is 72.3 cm³/mol. The highest BCUT2D eigenvalue weighted by molar-refractivity contribution is 7.89. The van der Waals surface area contributed by atoms with Crippen LogP contribution in [0.1, 0.15) is 0 Å². The monoisotopic (exact) mass is 289 g/mol. The number of nitrogens with zero attached hydrogens (tertiary/aromatic N) is 1. The molecule has 1 aromatic rings. The van der Waals surface area contributed by atoms with Gasteiger partial charge in [0.05, 0.1) is 16.3 Å². The highest BCUT2D eigenvalue weighted by Crippen LogP contribution is 2.26. The Morgan fingerprint density at radius 2 is 1.83 bits per heavy atom. The van der Waals surface area contributed by atoms with Gasteiger partial charge < -0.3 is 10.6 Å². The van der Waals surface area contributed by atoms with Gasteiger partial charge in [-0.2, -0.15) is 0 Å². The Labute approximate surface area is 108 Å². The zero-order chi connectivity index (χ0) is 13.3. The summed E-state index contributed by atoms with van der Waals surface area (Å²) >= 11 is 0. The summed E-state index contributed by atoms with van der Waals surface area (Å²) in [6.07, 6.45) is 0. The van der Waals surface area contributed by atoms with Gasteiger partial charge in [-0.05, 0) is 18.2 Å². The lowest BCUT2D eigenvalue weighted by atomic mass is 10.2. The van der Waals surface area contributed by atoms with Crippen molar-refractivity contribution in [3.8, 4) is 0 Å². The van der Waals surface area contributed by atoms with Crippen molar-refractivity contribution in [2.75, 3.05) is 35.2 Å². The molecule has 1 aliphatic heterocycles. The van der Waals surface area contributed by atoms with Gasteiger partial charge in [0.25, 0.3) is 0 Å². The molecule has 0 spiro atoms. The van der Waals surface area contributed by atoms with Gasteiger partial charge in [0, 0.05) is 35.4 Å². The molecule has 0 amide bonds. The molecule has 1 heterocycles. The molecule has 6 nitrogen and oxygen atoms in total. The van der Waals surface area contributed by atoms with Crippen molar-refractivity contribution >= 4 is 32.2 Å². The summed E-state index contributed by atoms with van der Waals surface area (Å²) in [7, 11) is -4.49. The van der Waals surface area contributed by atoms with Crippen molar-refractivity contribution < 1.29 is 12.6 Å². The van der Waals surface area contributed by atoms with Crippen molar-refractivity contribution in [1.29, 1.82) is 0 Å². The molecule has 100 valence electrons. The first kappa shape index (κ1) is 13.3. The molecule has 0 radical (unpaired) electrons. The minimum Gasteiger partial charge on any atom is -0.397 e. The summed E-state index contributed by atoms with van der Waals surface area (Å²) < 4.78 is 33.6. The Balaban J connectivity index is 2.28. The van der Waals surface area contributed by atoms with Gasteiger partial charge in [0.2, 0.25) is 10.0 Å². The van der Waals surface area contributed by atoms with Crippen LogP contribution in [-0.4, -0.2) is 37.2 Å². The summed E-state index contributed by atoms with van der Waals surface area (Å²) in [5.74, 6) is 1.22. The van der Waals surface area contributed by atoms with Crippen LogP contribution in [0.25, 0.3) is 0 Å². The van der Waals surface area contributed by atoms with Gasteiger partial charge in [0.1, 0.15) is 0 Å². The van der Waals surface area contributed by atoms with Crippen LogP contribution >= 0.6 is 0 Å². The summed E-state index contributed by atoms with van der Waals surface area (Å²) in [6, 6.07) is 4.44. The third kappa shape index (κ3) is 2.82. The minimum absolute atomic E-state index is 0.00401. The van der Waals surface area contributed by atoms with Gasteiger partial charge >= 0.3 is 0 Å². The molecule has 1 fully saturated rings. The van der Waals surface area contributed by atoms with E-state index >= 15 is 0 Å². The molecular formula is C10H15N3O3S2. The minimum atomic E-state index is -3.73. The van der Waals surface area contributed by atoms with Gasteiger partial charge in [-0.3, -0.25) is 4.21 Å². The standard InChI is InChI=1S/C10H15N3O3S2/c11-9-7-8(18(12,15)16)1-2-10(9)13-3-5-17(14)6-4-13/h1-2,7H,3-6,11H2,(H2,12,15,16). The molecule has 1 aliphatic rings. The van der Waals surface area contributed by atoms with Crippen LogP contribution in [0.15, 0.2) is 23.1 Å². The largest absolute Gasteiger partial charge is 0.397 e. The number of hydrogen-bond donors (Lipinski definition) is 2. The topological polar surface area (TPSA) is 106 Å². The molecule has 18 heavy (non-hydrogen) atoms. The molecule has 0 unspecified atom stereocenters. The smallest absolute Gasteiger partial charge is 0.238 e. The molecule has 0 saturated carbocycles. The zero-order valence-electron chi connectivity index (χ0n) is 9.70. The number of sulfonamides is 1. The normalized spacial score (nSPS) is 17.9. The van der Waals surface area contributed by atoms with Crippen molar-refractivity contribution in [2.24, 2.45) is 5.14 Å². The van der Waals surface area contributed by atoms with E-state index < -0.39 is 20.8 Å². The molecule has 1 saturated heterocycles. The number of nitrogens with two attached hydrogens (primary N) is 2. The van der Waals surface area contributed by atoms with Crippen molar-refractivity contribution in [3.05, 3.63) is 18.2 Å². The van der Waals surface area contributed by atoms with Crippen LogP contribution in [0.3, 0.4) is 0 Å². The van der Waals surface area contributed by atoms with E-state index in [9.17, 15) is 12.6 Å². The Morgan fingerprint density at radius 1 is 1.22 bits per heavy atom. The fourth-order valence-corrected chi connectivity index (χ4v) is 3.48.